The van der Waals surface area contributed by atoms with Crippen molar-refractivity contribution in [2.75, 3.05) is 6.26 Å². The molecule has 0 amide bonds. The molecule has 0 aliphatic carbocycles. The van der Waals surface area contributed by atoms with Crippen LogP contribution in [-0.2, 0) is 0 Å². The van der Waals surface area contributed by atoms with E-state index in [-0.39, 0.29) is 11.0 Å². The Bertz CT molecular complexity index is 657. The number of benzene rings is 1. The molecular formula is C11H7ClN2OS. The summed E-state index contributed by atoms with van der Waals surface area (Å²) in [6, 6.07) is 6.93. The van der Waals surface area contributed by atoms with Crippen molar-refractivity contribution in [3.8, 4) is 6.07 Å². The van der Waals surface area contributed by atoms with Crippen LogP contribution in [0, 0.1) is 11.3 Å². The minimum absolute atomic E-state index is 0.141. The molecule has 0 aliphatic heterocycles. The van der Waals surface area contributed by atoms with Crippen LogP contribution in [0.25, 0.3) is 10.9 Å². The Kier molecular flexibility index (Phi) is 2.90. The number of rotatable bonds is 1. The van der Waals surface area contributed by atoms with E-state index in [9.17, 15) is 4.79 Å². The van der Waals surface area contributed by atoms with Crippen molar-refractivity contribution < 1.29 is 0 Å². The van der Waals surface area contributed by atoms with Crippen molar-refractivity contribution in [1.82, 2.24) is 4.98 Å². The van der Waals surface area contributed by atoms with Gasteiger partial charge < -0.3 is 4.98 Å². The van der Waals surface area contributed by atoms with Crippen molar-refractivity contribution in [3.63, 3.8) is 0 Å². The van der Waals surface area contributed by atoms with Gasteiger partial charge in [-0.05, 0) is 24.5 Å². The fourth-order valence-electron chi connectivity index (χ4n) is 1.49. The van der Waals surface area contributed by atoms with Gasteiger partial charge in [0.2, 0.25) is 5.43 Å². The molecule has 1 N–H and O–H groups in total. The van der Waals surface area contributed by atoms with Crippen LogP contribution in [0.2, 0.25) is 5.02 Å². The predicted molar refractivity (Wildman–Crippen MR) is 66.1 cm³/mol. The van der Waals surface area contributed by atoms with Gasteiger partial charge in [0, 0.05) is 10.4 Å². The molecule has 0 radical (unpaired) electrons. The summed E-state index contributed by atoms with van der Waals surface area (Å²) in [4.78, 5) is 15.0. The number of pyridine rings is 1. The third kappa shape index (κ3) is 1.69. The van der Waals surface area contributed by atoms with Crippen LogP contribution >= 0.6 is 23.4 Å². The number of aromatic nitrogens is 1. The molecule has 0 spiro atoms. The Morgan fingerprint density at radius 2 is 2.25 bits per heavy atom. The van der Waals surface area contributed by atoms with E-state index in [2.05, 4.69) is 4.98 Å². The van der Waals surface area contributed by atoms with Gasteiger partial charge in [-0.25, -0.2) is 0 Å². The van der Waals surface area contributed by atoms with Crippen LogP contribution in [0.1, 0.15) is 5.56 Å². The highest BCUT2D eigenvalue weighted by molar-refractivity contribution is 7.98. The van der Waals surface area contributed by atoms with Crippen molar-refractivity contribution in [1.29, 1.82) is 5.26 Å². The van der Waals surface area contributed by atoms with Crippen LogP contribution in [0.3, 0.4) is 0 Å². The number of nitrogens with zero attached hydrogens (tertiary/aromatic N) is 1. The number of thioether (sulfide) groups is 1. The quantitative estimate of drug-likeness (QED) is 0.792. The lowest BCUT2D eigenvalue weighted by Crippen LogP contribution is -2.09. The number of hydrogen-bond donors (Lipinski definition) is 1. The van der Waals surface area contributed by atoms with Crippen LogP contribution in [0.4, 0.5) is 0 Å². The normalized spacial score (nSPS) is 10.3. The van der Waals surface area contributed by atoms with Crippen molar-refractivity contribution >= 4 is 34.3 Å². The minimum Gasteiger partial charge on any atom is -0.348 e. The molecular weight excluding hydrogens is 244 g/mol. The van der Waals surface area contributed by atoms with Gasteiger partial charge in [0.1, 0.15) is 11.6 Å². The summed E-state index contributed by atoms with van der Waals surface area (Å²) < 4.78 is 0. The Balaban J connectivity index is 2.95. The molecule has 0 bridgehead atoms. The molecule has 1 aromatic heterocycles. The van der Waals surface area contributed by atoms with Gasteiger partial charge in [-0.3, -0.25) is 4.79 Å². The molecule has 0 saturated carbocycles. The highest BCUT2D eigenvalue weighted by atomic mass is 35.5. The van der Waals surface area contributed by atoms with Crippen LogP contribution < -0.4 is 5.43 Å². The van der Waals surface area contributed by atoms with Crippen LogP contribution in [0.5, 0.6) is 0 Å². The van der Waals surface area contributed by atoms with Gasteiger partial charge >= 0.3 is 0 Å². The molecule has 16 heavy (non-hydrogen) atoms. The zero-order valence-corrected chi connectivity index (χ0v) is 9.95. The molecule has 5 heteroatoms. The topological polar surface area (TPSA) is 56.6 Å². The summed E-state index contributed by atoms with van der Waals surface area (Å²) in [5, 5.41) is 10.5. The zero-order chi connectivity index (χ0) is 11.7. The lowest BCUT2D eigenvalue weighted by Gasteiger charge is -2.04. The van der Waals surface area contributed by atoms with E-state index in [1.54, 1.807) is 18.2 Å². The van der Waals surface area contributed by atoms with E-state index in [0.717, 1.165) is 0 Å². The number of H-pyrrole nitrogens is 1. The predicted octanol–water partition coefficient (Wildman–Crippen LogP) is 2.78. The maximum Gasteiger partial charge on any atom is 0.208 e. The molecule has 80 valence electrons. The fraction of sp³-hybridized carbons (Fsp3) is 0.0909. The SMILES string of the molecule is CSc1[nH]c2ccc(Cl)cc2c(=O)c1C#N. The molecule has 1 aromatic carbocycles. The lowest BCUT2D eigenvalue weighted by atomic mass is 10.1. The second kappa shape index (κ2) is 4.20. The first-order chi connectivity index (χ1) is 7.67. The van der Waals surface area contributed by atoms with Gasteiger partial charge in [-0.2, -0.15) is 5.26 Å². The average Bonchev–Trinajstić information content (AvgIpc) is 2.29. The van der Waals surface area contributed by atoms with Gasteiger partial charge in [0.25, 0.3) is 0 Å². The summed E-state index contributed by atoms with van der Waals surface area (Å²) in [6.45, 7) is 0. The highest BCUT2D eigenvalue weighted by Gasteiger charge is 2.10. The highest BCUT2D eigenvalue weighted by Crippen LogP contribution is 2.20. The second-order valence-corrected chi connectivity index (χ2v) is 4.42. The smallest absolute Gasteiger partial charge is 0.208 e. The number of halogens is 1. The van der Waals surface area contributed by atoms with Crippen molar-refractivity contribution in [2.24, 2.45) is 0 Å². The maximum atomic E-state index is 12.0. The van der Waals surface area contributed by atoms with Crippen LogP contribution in [0.15, 0.2) is 28.0 Å². The minimum atomic E-state index is -0.275. The third-order valence-corrected chi connectivity index (χ3v) is 3.19. The zero-order valence-electron chi connectivity index (χ0n) is 8.37. The number of aromatic amines is 1. The Morgan fingerprint density at radius 1 is 1.50 bits per heavy atom. The Hall–Kier alpha value is -1.44. The first kappa shape index (κ1) is 11.1. The van der Waals surface area contributed by atoms with Gasteiger partial charge in [-0.1, -0.05) is 11.6 Å². The molecule has 0 saturated heterocycles. The number of hydrogen-bond acceptors (Lipinski definition) is 3. The molecule has 0 fully saturated rings. The van der Waals surface area contributed by atoms with Crippen molar-refractivity contribution in [2.45, 2.75) is 5.03 Å². The molecule has 3 nitrogen and oxygen atoms in total. The lowest BCUT2D eigenvalue weighted by molar-refractivity contribution is 1.15. The third-order valence-electron chi connectivity index (χ3n) is 2.24. The molecule has 0 atom stereocenters. The largest absolute Gasteiger partial charge is 0.348 e. The summed E-state index contributed by atoms with van der Waals surface area (Å²) >= 11 is 7.16. The first-order valence-corrected chi connectivity index (χ1v) is 6.07. The van der Waals surface area contributed by atoms with E-state index in [1.165, 1.54) is 11.8 Å². The van der Waals surface area contributed by atoms with E-state index in [0.29, 0.717) is 21.0 Å². The first-order valence-electron chi connectivity index (χ1n) is 4.47. The molecule has 0 aliphatic rings. The second-order valence-electron chi connectivity index (χ2n) is 3.16. The van der Waals surface area contributed by atoms with E-state index < -0.39 is 0 Å². The van der Waals surface area contributed by atoms with Crippen LogP contribution in [-0.4, -0.2) is 11.2 Å². The number of nitriles is 1. The molecule has 0 unspecified atom stereocenters. The Morgan fingerprint density at radius 3 is 2.88 bits per heavy atom. The monoisotopic (exact) mass is 250 g/mol. The number of fused-ring (bicyclic) bond motifs is 1. The molecule has 1 heterocycles. The van der Waals surface area contributed by atoms with E-state index >= 15 is 0 Å². The summed E-state index contributed by atoms with van der Waals surface area (Å²) in [5.41, 5.74) is 0.558. The van der Waals surface area contributed by atoms with Gasteiger partial charge in [0.15, 0.2) is 0 Å². The molecule has 2 rings (SSSR count). The summed E-state index contributed by atoms with van der Waals surface area (Å²) in [6.07, 6.45) is 1.81. The standard InChI is InChI=1S/C11H7ClN2OS/c1-16-11-8(5-13)10(15)7-4-6(12)2-3-9(7)14-11/h2-4H,1H3,(H,14,15). The average molecular weight is 251 g/mol. The van der Waals surface area contributed by atoms with Crippen molar-refractivity contribution in [3.05, 3.63) is 39.0 Å². The fourth-order valence-corrected chi connectivity index (χ4v) is 2.22. The summed E-state index contributed by atoms with van der Waals surface area (Å²) in [7, 11) is 0. The Labute approximate surface area is 101 Å². The van der Waals surface area contributed by atoms with E-state index in [4.69, 9.17) is 16.9 Å². The van der Waals surface area contributed by atoms with Gasteiger partial charge in [-0.15, -0.1) is 11.8 Å². The maximum absolute atomic E-state index is 12.0. The number of nitrogens with one attached hydrogen (secondary N) is 1. The van der Waals surface area contributed by atoms with Gasteiger partial charge in [0.05, 0.1) is 10.5 Å². The van der Waals surface area contributed by atoms with E-state index in [1.807, 2.05) is 12.3 Å². The molecule has 2 aromatic rings. The summed E-state index contributed by atoms with van der Waals surface area (Å²) in [5.74, 6) is 0.